The lowest BCUT2D eigenvalue weighted by Gasteiger charge is -2.00. The van der Waals surface area contributed by atoms with E-state index in [1.54, 1.807) is 0 Å². The maximum absolute atomic E-state index is 3.56. The van der Waals surface area contributed by atoms with Crippen molar-refractivity contribution in [3.05, 3.63) is 34.9 Å². The second-order valence-corrected chi connectivity index (χ2v) is 4.40. The maximum Gasteiger partial charge on any atom is -0.00494 e. The van der Waals surface area contributed by atoms with Gasteiger partial charge in [-0.2, -0.15) is 0 Å². The summed E-state index contributed by atoms with van der Waals surface area (Å²) in [6.45, 7) is 0. The zero-order valence-electron chi connectivity index (χ0n) is 8.01. The highest BCUT2D eigenvalue weighted by Gasteiger charge is 1.92. The van der Waals surface area contributed by atoms with Crippen molar-refractivity contribution in [1.29, 1.82) is 0 Å². The van der Waals surface area contributed by atoms with Gasteiger partial charge in [0, 0.05) is 0 Å². The van der Waals surface area contributed by atoms with Crippen molar-refractivity contribution in [2.24, 2.45) is 0 Å². The molecule has 0 unspecified atom stereocenters. The van der Waals surface area contributed by atoms with Gasteiger partial charge in [0.15, 0.2) is 0 Å². The van der Waals surface area contributed by atoms with E-state index in [0.717, 1.165) is 0 Å². The lowest BCUT2D eigenvalue weighted by atomic mass is 10.1. The standard InChI is InChI=1S/C12H17Br/c13-12-10-8-6-4-2-1-3-5-7-9-11-12/h2,4,6,8,10H,1,3,5,7,9,11H2/b4-2+,8-6+,12-10+. The SMILES string of the molecule is Br/C1=C/C=C/C=C/CCCCCC1. The summed E-state index contributed by atoms with van der Waals surface area (Å²) in [5, 5.41) is 0. The van der Waals surface area contributed by atoms with Crippen LogP contribution in [0.5, 0.6) is 0 Å². The number of rotatable bonds is 0. The summed E-state index contributed by atoms with van der Waals surface area (Å²) in [6, 6.07) is 0. The topological polar surface area (TPSA) is 0 Å². The molecule has 0 N–H and O–H groups in total. The van der Waals surface area contributed by atoms with Crippen LogP contribution in [-0.2, 0) is 0 Å². The van der Waals surface area contributed by atoms with Crippen LogP contribution < -0.4 is 0 Å². The number of hydrogen-bond acceptors (Lipinski definition) is 0. The number of allylic oxidation sites excluding steroid dienone is 6. The molecular formula is C12H17Br. The van der Waals surface area contributed by atoms with Gasteiger partial charge in [-0.25, -0.2) is 0 Å². The summed E-state index contributed by atoms with van der Waals surface area (Å²) in [4.78, 5) is 0. The van der Waals surface area contributed by atoms with E-state index in [9.17, 15) is 0 Å². The fraction of sp³-hybridized carbons (Fsp3) is 0.500. The van der Waals surface area contributed by atoms with Crippen molar-refractivity contribution in [2.45, 2.75) is 38.5 Å². The molecule has 0 bridgehead atoms. The Labute approximate surface area is 89.5 Å². The minimum atomic E-state index is 1.19. The Morgan fingerprint density at radius 1 is 0.923 bits per heavy atom. The first kappa shape index (κ1) is 10.8. The molecule has 0 aromatic carbocycles. The Morgan fingerprint density at radius 3 is 2.69 bits per heavy atom. The Hall–Kier alpha value is -0.300. The number of halogens is 1. The van der Waals surface area contributed by atoms with Crippen LogP contribution in [0.2, 0.25) is 0 Å². The van der Waals surface area contributed by atoms with Crippen LogP contribution in [0, 0.1) is 0 Å². The van der Waals surface area contributed by atoms with Gasteiger partial charge in [-0.3, -0.25) is 0 Å². The Bertz CT molecular complexity index is 211. The molecule has 0 saturated carbocycles. The fourth-order valence-corrected chi connectivity index (χ4v) is 1.82. The second-order valence-electron chi connectivity index (χ2n) is 3.38. The number of hydrogen-bond donors (Lipinski definition) is 0. The zero-order valence-corrected chi connectivity index (χ0v) is 9.59. The van der Waals surface area contributed by atoms with Gasteiger partial charge in [0.2, 0.25) is 0 Å². The fourth-order valence-electron chi connectivity index (χ4n) is 1.39. The molecule has 0 radical (unpaired) electrons. The molecule has 13 heavy (non-hydrogen) atoms. The van der Waals surface area contributed by atoms with Crippen molar-refractivity contribution in [3.8, 4) is 0 Å². The van der Waals surface area contributed by atoms with E-state index in [2.05, 4.69) is 46.3 Å². The first-order valence-electron chi connectivity index (χ1n) is 5.07. The zero-order chi connectivity index (χ0) is 9.36. The van der Waals surface area contributed by atoms with Crippen LogP contribution in [0.4, 0.5) is 0 Å². The minimum absolute atomic E-state index is 1.19. The highest BCUT2D eigenvalue weighted by Crippen LogP contribution is 2.16. The molecule has 1 aliphatic rings. The van der Waals surface area contributed by atoms with E-state index in [1.165, 1.54) is 43.0 Å². The molecule has 0 fully saturated rings. The van der Waals surface area contributed by atoms with Gasteiger partial charge in [-0.1, -0.05) is 59.2 Å². The van der Waals surface area contributed by atoms with E-state index >= 15 is 0 Å². The van der Waals surface area contributed by atoms with Gasteiger partial charge in [-0.05, 0) is 30.2 Å². The highest BCUT2D eigenvalue weighted by molar-refractivity contribution is 9.11. The average molecular weight is 241 g/mol. The van der Waals surface area contributed by atoms with Crippen molar-refractivity contribution in [3.63, 3.8) is 0 Å². The van der Waals surface area contributed by atoms with Crippen molar-refractivity contribution >= 4 is 15.9 Å². The van der Waals surface area contributed by atoms with Gasteiger partial charge >= 0.3 is 0 Å². The third kappa shape index (κ3) is 5.87. The second kappa shape index (κ2) is 7.14. The Kier molecular flexibility index (Phi) is 5.92. The van der Waals surface area contributed by atoms with Crippen LogP contribution in [0.15, 0.2) is 34.9 Å². The third-order valence-electron chi connectivity index (χ3n) is 2.17. The molecule has 1 aliphatic carbocycles. The average Bonchev–Trinajstić information content (AvgIpc) is 2.11. The summed E-state index contributed by atoms with van der Waals surface area (Å²) in [5.74, 6) is 0. The molecule has 0 aromatic heterocycles. The van der Waals surface area contributed by atoms with E-state index in [1.807, 2.05) is 0 Å². The van der Waals surface area contributed by atoms with Crippen LogP contribution in [-0.4, -0.2) is 0 Å². The predicted molar refractivity (Wildman–Crippen MR) is 63.0 cm³/mol. The quantitative estimate of drug-likeness (QED) is 0.575. The summed E-state index contributed by atoms with van der Waals surface area (Å²) >= 11 is 3.56. The van der Waals surface area contributed by atoms with Crippen molar-refractivity contribution < 1.29 is 0 Å². The van der Waals surface area contributed by atoms with Crippen molar-refractivity contribution in [2.75, 3.05) is 0 Å². The first-order valence-corrected chi connectivity index (χ1v) is 5.87. The first-order chi connectivity index (χ1) is 6.39. The molecule has 0 atom stereocenters. The minimum Gasteiger partial charge on any atom is -0.0845 e. The molecule has 72 valence electrons. The molecule has 0 nitrogen and oxygen atoms in total. The van der Waals surface area contributed by atoms with Crippen LogP contribution in [0.3, 0.4) is 0 Å². The van der Waals surface area contributed by atoms with Crippen LogP contribution >= 0.6 is 15.9 Å². The lowest BCUT2D eigenvalue weighted by molar-refractivity contribution is 0.651. The smallest absolute Gasteiger partial charge is 0.00494 e. The molecule has 0 heterocycles. The molecule has 1 rings (SSSR count). The van der Waals surface area contributed by atoms with E-state index in [0.29, 0.717) is 0 Å². The summed E-state index contributed by atoms with van der Waals surface area (Å²) in [7, 11) is 0. The van der Waals surface area contributed by atoms with Gasteiger partial charge in [0.1, 0.15) is 0 Å². The highest BCUT2D eigenvalue weighted by atomic mass is 79.9. The molecule has 0 aliphatic heterocycles. The molecular weight excluding hydrogens is 224 g/mol. The third-order valence-corrected chi connectivity index (χ3v) is 2.83. The van der Waals surface area contributed by atoms with Crippen LogP contribution in [0.1, 0.15) is 38.5 Å². The molecule has 0 saturated heterocycles. The Morgan fingerprint density at radius 2 is 1.77 bits per heavy atom. The summed E-state index contributed by atoms with van der Waals surface area (Å²) in [5.41, 5.74) is 0. The largest absolute Gasteiger partial charge is 0.0845 e. The van der Waals surface area contributed by atoms with Gasteiger partial charge in [-0.15, -0.1) is 0 Å². The normalized spacial score (nSPS) is 29.2. The lowest BCUT2D eigenvalue weighted by Crippen LogP contribution is -1.79. The maximum atomic E-state index is 3.56. The van der Waals surface area contributed by atoms with Crippen LogP contribution in [0.25, 0.3) is 0 Å². The Balaban J connectivity index is 2.45. The van der Waals surface area contributed by atoms with E-state index in [4.69, 9.17) is 0 Å². The van der Waals surface area contributed by atoms with Gasteiger partial charge in [0.25, 0.3) is 0 Å². The van der Waals surface area contributed by atoms with Gasteiger partial charge < -0.3 is 0 Å². The molecule has 0 aromatic rings. The summed E-state index contributed by atoms with van der Waals surface area (Å²) in [6.07, 6.45) is 18.5. The van der Waals surface area contributed by atoms with E-state index in [-0.39, 0.29) is 0 Å². The molecule has 0 amide bonds. The van der Waals surface area contributed by atoms with Crippen molar-refractivity contribution in [1.82, 2.24) is 0 Å². The molecule has 1 heteroatoms. The molecule has 0 spiro atoms. The van der Waals surface area contributed by atoms with Gasteiger partial charge in [0.05, 0.1) is 0 Å². The van der Waals surface area contributed by atoms with E-state index < -0.39 is 0 Å². The summed E-state index contributed by atoms with van der Waals surface area (Å²) < 4.78 is 1.32. The monoisotopic (exact) mass is 240 g/mol. The predicted octanol–water partition coefficient (Wildman–Crippen LogP) is 4.73.